The molecule has 100 valence electrons. The lowest BCUT2D eigenvalue weighted by molar-refractivity contribution is 0.102. The molecule has 1 amide bonds. The van der Waals surface area contributed by atoms with Crippen LogP contribution in [0.3, 0.4) is 0 Å². The van der Waals surface area contributed by atoms with Gasteiger partial charge < -0.3 is 9.73 Å². The normalized spacial score (nSPS) is 10.7. The summed E-state index contributed by atoms with van der Waals surface area (Å²) < 4.78 is 6.01. The summed E-state index contributed by atoms with van der Waals surface area (Å²) in [6.07, 6.45) is 1.57. The first-order valence-electron chi connectivity index (χ1n) is 5.92. The number of nitrogens with one attached hydrogen (secondary N) is 1. The Balaban J connectivity index is 1.87. The molecule has 3 rings (SSSR count). The molecule has 1 N–H and O–H groups in total. The van der Waals surface area contributed by atoms with Gasteiger partial charge in [0.1, 0.15) is 10.1 Å². The minimum absolute atomic E-state index is 0.201. The van der Waals surface area contributed by atoms with Crippen molar-refractivity contribution >= 4 is 38.6 Å². The summed E-state index contributed by atoms with van der Waals surface area (Å²) >= 11 is 3.24. The third-order valence-electron chi connectivity index (χ3n) is 2.74. The van der Waals surface area contributed by atoms with E-state index in [1.165, 1.54) is 0 Å². The number of carbonyl (C=O) groups is 1. The average molecular weight is 332 g/mol. The molecule has 1 aromatic carbocycles. The number of fused-ring (bicyclic) bond motifs is 1. The number of rotatable bonds is 2. The predicted octanol–water partition coefficient (Wildman–Crippen LogP) is 3.55. The van der Waals surface area contributed by atoms with Gasteiger partial charge in [-0.05, 0) is 46.3 Å². The fraction of sp³-hybridized carbons (Fsp3) is 0.0714. The summed E-state index contributed by atoms with van der Waals surface area (Å²) in [5.74, 6) is 0.397. The molecule has 2 aromatic heterocycles. The highest BCUT2D eigenvalue weighted by molar-refractivity contribution is 9.10. The van der Waals surface area contributed by atoms with Crippen molar-refractivity contribution in [1.82, 2.24) is 9.97 Å². The van der Waals surface area contributed by atoms with Crippen LogP contribution in [0.15, 0.2) is 45.5 Å². The maximum Gasteiger partial charge on any atom is 0.255 e. The van der Waals surface area contributed by atoms with Crippen LogP contribution in [0.1, 0.15) is 16.2 Å². The Morgan fingerprint density at radius 2 is 2.15 bits per heavy atom. The van der Waals surface area contributed by atoms with Crippen molar-refractivity contribution in [3.63, 3.8) is 0 Å². The number of benzene rings is 1. The van der Waals surface area contributed by atoms with Crippen molar-refractivity contribution in [1.29, 1.82) is 0 Å². The summed E-state index contributed by atoms with van der Waals surface area (Å²) in [4.78, 5) is 20.3. The quantitative estimate of drug-likeness (QED) is 0.729. The SMILES string of the molecule is Cc1nc2cc(NC(=O)c3ccnc(Br)c3)ccc2o1. The molecule has 0 aliphatic rings. The highest BCUT2D eigenvalue weighted by atomic mass is 79.9. The molecular formula is C14H10BrN3O2. The summed E-state index contributed by atoms with van der Waals surface area (Å²) in [7, 11) is 0. The minimum atomic E-state index is -0.201. The minimum Gasteiger partial charge on any atom is -0.441 e. The average Bonchev–Trinajstić information content (AvgIpc) is 2.78. The fourth-order valence-corrected chi connectivity index (χ4v) is 2.23. The van der Waals surface area contributed by atoms with Crippen LogP contribution >= 0.6 is 15.9 Å². The largest absolute Gasteiger partial charge is 0.441 e. The van der Waals surface area contributed by atoms with E-state index < -0.39 is 0 Å². The van der Waals surface area contributed by atoms with E-state index in [-0.39, 0.29) is 5.91 Å². The Kier molecular flexibility index (Phi) is 3.23. The Bertz CT molecular complexity index is 798. The predicted molar refractivity (Wildman–Crippen MR) is 78.6 cm³/mol. The van der Waals surface area contributed by atoms with Crippen LogP contribution in [0.5, 0.6) is 0 Å². The molecule has 0 fully saturated rings. The maximum absolute atomic E-state index is 12.1. The van der Waals surface area contributed by atoms with Gasteiger partial charge >= 0.3 is 0 Å². The second-order valence-electron chi connectivity index (χ2n) is 4.24. The van der Waals surface area contributed by atoms with Crippen molar-refractivity contribution in [3.05, 3.63) is 52.6 Å². The number of anilines is 1. The van der Waals surface area contributed by atoms with E-state index in [1.807, 2.05) is 0 Å². The number of halogens is 1. The van der Waals surface area contributed by atoms with Crippen molar-refractivity contribution in [3.8, 4) is 0 Å². The number of aromatic nitrogens is 2. The van der Waals surface area contributed by atoms with Crippen LogP contribution < -0.4 is 5.32 Å². The first kappa shape index (κ1) is 12.8. The summed E-state index contributed by atoms with van der Waals surface area (Å²) in [6, 6.07) is 8.65. The second-order valence-corrected chi connectivity index (χ2v) is 5.05. The van der Waals surface area contributed by atoms with Crippen LogP contribution in [-0.2, 0) is 0 Å². The monoisotopic (exact) mass is 331 g/mol. The third kappa shape index (κ3) is 2.55. The Morgan fingerprint density at radius 1 is 1.30 bits per heavy atom. The van der Waals surface area contributed by atoms with Crippen molar-refractivity contribution in [2.45, 2.75) is 6.92 Å². The molecule has 0 saturated heterocycles. The number of nitrogens with zero attached hydrogens (tertiary/aromatic N) is 2. The lowest BCUT2D eigenvalue weighted by atomic mass is 10.2. The summed E-state index contributed by atoms with van der Waals surface area (Å²) in [5.41, 5.74) is 2.62. The molecule has 0 saturated carbocycles. The molecule has 0 spiro atoms. The highest BCUT2D eigenvalue weighted by Gasteiger charge is 2.08. The van der Waals surface area contributed by atoms with E-state index in [1.54, 1.807) is 43.5 Å². The Morgan fingerprint density at radius 3 is 2.95 bits per heavy atom. The van der Waals surface area contributed by atoms with Gasteiger partial charge in [0, 0.05) is 24.4 Å². The van der Waals surface area contributed by atoms with Crippen LogP contribution in [0, 0.1) is 6.92 Å². The molecule has 6 heteroatoms. The zero-order chi connectivity index (χ0) is 14.1. The number of amides is 1. The van der Waals surface area contributed by atoms with E-state index in [0.29, 0.717) is 27.3 Å². The standard InChI is InChI=1S/C14H10BrN3O2/c1-8-17-11-7-10(2-3-12(11)20-8)18-14(19)9-4-5-16-13(15)6-9/h2-7H,1H3,(H,18,19). The van der Waals surface area contributed by atoms with Crippen LogP contribution in [0.2, 0.25) is 0 Å². The molecule has 5 nitrogen and oxygen atoms in total. The van der Waals surface area contributed by atoms with Gasteiger partial charge in [0.2, 0.25) is 0 Å². The first-order chi connectivity index (χ1) is 9.61. The zero-order valence-electron chi connectivity index (χ0n) is 10.6. The van der Waals surface area contributed by atoms with Crippen LogP contribution in [0.25, 0.3) is 11.1 Å². The molecule has 0 radical (unpaired) electrons. The lowest BCUT2D eigenvalue weighted by Crippen LogP contribution is -2.11. The van der Waals surface area contributed by atoms with Crippen molar-refractivity contribution < 1.29 is 9.21 Å². The molecular weight excluding hydrogens is 322 g/mol. The Labute approximate surface area is 123 Å². The Hall–Kier alpha value is -2.21. The fourth-order valence-electron chi connectivity index (χ4n) is 1.87. The number of carbonyl (C=O) groups excluding carboxylic acids is 1. The van der Waals surface area contributed by atoms with E-state index in [9.17, 15) is 4.79 Å². The molecule has 0 atom stereocenters. The van der Waals surface area contributed by atoms with Crippen LogP contribution in [-0.4, -0.2) is 15.9 Å². The van der Waals surface area contributed by atoms with Gasteiger partial charge in [0.25, 0.3) is 5.91 Å². The number of aryl methyl sites for hydroxylation is 1. The molecule has 3 aromatic rings. The van der Waals surface area contributed by atoms with Gasteiger partial charge in [-0.15, -0.1) is 0 Å². The zero-order valence-corrected chi connectivity index (χ0v) is 12.1. The summed E-state index contributed by atoms with van der Waals surface area (Å²) in [5, 5.41) is 2.82. The number of hydrogen-bond donors (Lipinski definition) is 1. The van der Waals surface area contributed by atoms with Gasteiger partial charge in [-0.25, -0.2) is 9.97 Å². The van der Waals surface area contributed by atoms with Gasteiger partial charge in [0.15, 0.2) is 11.5 Å². The highest BCUT2D eigenvalue weighted by Crippen LogP contribution is 2.20. The number of pyridine rings is 1. The van der Waals surface area contributed by atoms with E-state index in [4.69, 9.17) is 4.42 Å². The van der Waals surface area contributed by atoms with Gasteiger partial charge in [0.05, 0.1) is 0 Å². The molecule has 0 aliphatic carbocycles. The number of hydrogen-bond acceptors (Lipinski definition) is 4. The third-order valence-corrected chi connectivity index (χ3v) is 3.17. The van der Waals surface area contributed by atoms with Crippen molar-refractivity contribution in [2.24, 2.45) is 0 Å². The van der Waals surface area contributed by atoms with E-state index in [2.05, 4.69) is 31.2 Å². The molecule has 20 heavy (non-hydrogen) atoms. The topological polar surface area (TPSA) is 68.0 Å². The van der Waals surface area contributed by atoms with E-state index in [0.717, 1.165) is 5.52 Å². The molecule has 0 aliphatic heterocycles. The molecule has 2 heterocycles. The molecule has 0 unspecified atom stereocenters. The lowest BCUT2D eigenvalue weighted by Gasteiger charge is -2.05. The van der Waals surface area contributed by atoms with Gasteiger partial charge in [-0.2, -0.15) is 0 Å². The van der Waals surface area contributed by atoms with Gasteiger partial charge in [-0.1, -0.05) is 0 Å². The summed E-state index contributed by atoms with van der Waals surface area (Å²) in [6.45, 7) is 1.78. The second kappa shape index (κ2) is 5.05. The molecule has 0 bridgehead atoms. The smallest absolute Gasteiger partial charge is 0.255 e. The number of oxazole rings is 1. The van der Waals surface area contributed by atoms with E-state index >= 15 is 0 Å². The van der Waals surface area contributed by atoms with Gasteiger partial charge in [-0.3, -0.25) is 4.79 Å². The van der Waals surface area contributed by atoms with Crippen molar-refractivity contribution in [2.75, 3.05) is 5.32 Å². The van der Waals surface area contributed by atoms with Crippen LogP contribution in [0.4, 0.5) is 5.69 Å². The first-order valence-corrected chi connectivity index (χ1v) is 6.71. The maximum atomic E-state index is 12.1.